The van der Waals surface area contributed by atoms with Gasteiger partial charge in [-0.2, -0.15) is 0 Å². The van der Waals surface area contributed by atoms with Crippen molar-refractivity contribution in [3.63, 3.8) is 0 Å². The molecule has 0 amide bonds. The molecule has 1 aromatic rings. The third-order valence-corrected chi connectivity index (χ3v) is 2.45. The summed E-state index contributed by atoms with van der Waals surface area (Å²) in [5.74, 6) is -0.151. The molecule has 16 heavy (non-hydrogen) atoms. The summed E-state index contributed by atoms with van der Waals surface area (Å²) in [5, 5.41) is 0. The zero-order valence-electron chi connectivity index (χ0n) is 8.08. The SMILES string of the molecule is COc1cc(C(=O)[O][V]=[O])ccc1[O][V]=[O]. The molecule has 0 N–H and O–H groups in total. The zero-order valence-corrected chi connectivity index (χ0v) is 10.9. The summed E-state index contributed by atoms with van der Waals surface area (Å²) in [6.45, 7) is 0. The van der Waals surface area contributed by atoms with Gasteiger partial charge < -0.3 is 0 Å². The Morgan fingerprint density at radius 3 is 2.50 bits per heavy atom. The molecule has 84 valence electrons. The maximum absolute atomic E-state index is 11.2. The molecule has 0 fully saturated rings. The molecule has 0 aliphatic rings. The van der Waals surface area contributed by atoms with Crippen LogP contribution in [0.3, 0.4) is 0 Å². The average Bonchev–Trinajstić information content (AvgIpc) is 2.30. The second-order valence-electron chi connectivity index (χ2n) is 2.48. The van der Waals surface area contributed by atoms with Crippen LogP contribution in [0, 0.1) is 0 Å². The van der Waals surface area contributed by atoms with Crippen molar-refractivity contribution in [2.24, 2.45) is 0 Å². The van der Waals surface area contributed by atoms with E-state index in [1.807, 2.05) is 0 Å². The van der Waals surface area contributed by atoms with Crippen LogP contribution in [0.4, 0.5) is 0 Å². The van der Waals surface area contributed by atoms with Crippen molar-refractivity contribution >= 4 is 5.97 Å². The normalized spacial score (nSPS) is 9.06. The molecule has 0 saturated heterocycles. The second kappa shape index (κ2) is 6.60. The van der Waals surface area contributed by atoms with Gasteiger partial charge in [0.05, 0.1) is 0 Å². The van der Waals surface area contributed by atoms with Crippen LogP contribution in [0.1, 0.15) is 10.4 Å². The Labute approximate surface area is 106 Å². The summed E-state index contributed by atoms with van der Waals surface area (Å²) in [4.78, 5) is 11.2. The van der Waals surface area contributed by atoms with Gasteiger partial charge in [0.15, 0.2) is 0 Å². The quantitative estimate of drug-likeness (QED) is 0.804. The van der Waals surface area contributed by atoms with Crippen LogP contribution in [0.15, 0.2) is 18.2 Å². The van der Waals surface area contributed by atoms with Crippen molar-refractivity contribution in [2.75, 3.05) is 7.11 Å². The molecule has 0 spiro atoms. The van der Waals surface area contributed by atoms with E-state index >= 15 is 0 Å². The molecule has 1 rings (SSSR count). The fourth-order valence-corrected chi connectivity index (χ4v) is 1.63. The van der Waals surface area contributed by atoms with Gasteiger partial charge in [-0.3, -0.25) is 0 Å². The van der Waals surface area contributed by atoms with Crippen LogP contribution in [-0.4, -0.2) is 13.1 Å². The van der Waals surface area contributed by atoms with E-state index in [-0.39, 0.29) is 17.1 Å². The van der Waals surface area contributed by atoms with Gasteiger partial charge in [0.1, 0.15) is 0 Å². The topological polar surface area (TPSA) is 78.9 Å². The predicted molar refractivity (Wildman–Crippen MR) is 40.4 cm³/mol. The Bertz CT molecular complexity index is 419. The van der Waals surface area contributed by atoms with Gasteiger partial charge in [-0.25, -0.2) is 0 Å². The molecular weight excluding hydrogens is 294 g/mol. The molecule has 0 heterocycles. The van der Waals surface area contributed by atoms with E-state index in [0.717, 1.165) is 0 Å². The maximum atomic E-state index is 11.2. The number of carbonyl (C=O) groups is 1. The third kappa shape index (κ3) is 3.28. The first kappa shape index (κ1) is 13.1. The van der Waals surface area contributed by atoms with E-state index in [1.165, 1.54) is 25.3 Å². The first-order valence-corrected chi connectivity index (χ1v) is 6.22. The van der Waals surface area contributed by atoms with Gasteiger partial charge in [0.25, 0.3) is 0 Å². The molecule has 0 atom stereocenters. The Kier molecular flexibility index (Phi) is 5.41. The number of benzene rings is 1. The van der Waals surface area contributed by atoms with Crippen molar-refractivity contribution in [1.82, 2.24) is 0 Å². The third-order valence-electron chi connectivity index (χ3n) is 1.66. The summed E-state index contributed by atoms with van der Waals surface area (Å²) < 4.78 is 34.7. The van der Waals surface area contributed by atoms with Crippen molar-refractivity contribution in [3.8, 4) is 11.5 Å². The van der Waals surface area contributed by atoms with E-state index in [4.69, 9.17) is 8.40 Å². The number of methoxy groups -OCH3 is 1. The van der Waals surface area contributed by atoms with E-state index in [2.05, 4.69) is 3.66 Å². The van der Waals surface area contributed by atoms with Crippen molar-refractivity contribution in [3.05, 3.63) is 23.8 Å². The van der Waals surface area contributed by atoms with E-state index in [9.17, 15) is 12.1 Å². The van der Waals surface area contributed by atoms with Crippen molar-refractivity contribution in [2.45, 2.75) is 0 Å². The molecule has 1 aromatic carbocycles. The molecule has 0 bridgehead atoms. The Hall–Kier alpha value is -0.941. The number of hydrogen-bond donors (Lipinski definition) is 0. The number of rotatable bonds is 5. The number of carbonyl (C=O) groups excluding carboxylic acids is 1. The fraction of sp³-hybridized carbons (Fsp3) is 0.125. The summed E-state index contributed by atoms with van der Waals surface area (Å²) in [6, 6.07) is 4.21. The molecule has 0 radical (unpaired) electrons. The molecule has 8 heteroatoms. The van der Waals surface area contributed by atoms with Crippen molar-refractivity contribution < 1.29 is 57.4 Å². The van der Waals surface area contributed by atoms with Crippen molar-refractivity contribution in [1.29, 1.82) is 0 Å². The Balaban J connectivity index is 3.02. The summed E-state index contributed by atoms with van der Waals surface area (Å²) >= 11 is -3.17. The van der Waals surface area contributed by atoms with Gasteiger partial charge in [-0.1, -0.05) is 0 Å². The van der Waals surface area contributed by atoms with E-state index in [0.29, 0.717) is 0 Å². The first-order chi connectivity index (χ1) is 7.72. The van der Waals surface area contributed by atoms with Crippen LogP contribution in [-0.2, 0) is 44.2 Å². The molecule has 0 unspecified atom stereocenters. The predicted octanol–water partition coefficient (Wildman–Crippen LogP) is 0.917. The van der Waals surface area contributed by atoms with E-state index < -0.39 is 39.1 Å². The molecule has 6 nitrogen and oxygen atoms in total. The fourth-order valence-electron chi connectivity index (χ4n) is 0.997. The Morgan fingerprint density at radius 1 is 1.19 bits per heavy atom. The van der Waals surface area contributed by atoms with E-state index in [1.54, 1.807) is 0 Å². The van der Waals surface area contributed by atoms with Crippen LogP contribution < -0.4 is 8.40 Å². The van der Waals surface area contributed by atoms with Gasteiger partial charge >= 0.3 is 106 Å². The second-order valence-corrected chi connectivity index (χ2v) is 3.52. The minimum atomic E-state index is -1.68. The van der Waals surface area contributed by atoms with Crippen LogP contribution >= 0.6 is 0 Å². The number of ether oxygens (including phenoxy) is 1. The molecule has 0 aromatic heterocycles. The van der Waals surface area contributed by atoms with Crippen LogP contribution in [0.25, 0.3) is 0 Å². The first-order valence-electron chi connectivity index (χ1n) is 3.94. The van der Waals surface area contributed by atoms with Crippen LogP contribution in [0.2, 0.25) is 0 Å². The average molecular weight is 300 g/mol. The minimum absolute atomic E-state index is 0.192. The summed E-state index contributed by atoms with van der Waals surface area (Å²) in [6.07, 6.45) is 0. The Morgan fingerprint density at radius 2 is 1.94 bits per heavy atom. The summed E-state index contributed by atoms with van der Waals surface area (Å²) in [5.41, 5.74) is 0.192. The van der Waals surface area contributed by atoms with Gasteiger partial charge in [0, 0.05) is 0 Å². The molecule has 0 saturated carbocycles. The number of hydrogen-bond acceptors (Lipinski definition) is 6. The van der Waals surface area contributed by atoms with Gasteiger partial charge in [0.2, 0.25) is 0 Å². The molecular formula is C8H6O6V2. The van der Waals surface area contributed by atoms with Gasteiger partial charge in [-0.15, -0.1) is 0 Å². The zero-order chi connectivity index (χ0) is 12.0. The summed E-state index contributed by atoms with van der Waals surface area (Å²) in [7, 11) is 1.39. The van der Waals surface area contributed by atoms with Crippen LogP contribution in [0.5, 0.6) is 11.5 Å². The molecule has 0 aliphatic carbocycles. The standard InChI is InChI=1S/C8H8O4.2O.2V/c1-12-7-4-5(8(10)11)2-3-6(7)9;;;;/h2-4,9H,1H3,(H,10,11);;;;/q;;;2*+1/p-2. The van der Waals surface area contributed by atoms with Gasteiger partial charge in [-0.05, 0) is 0 Å². The monoisotopic (exact) mass is 300 g/mol. The molecule has 0 aliphatic heterocycles.